The van der Waals surface area contributed by atoms with Crippen molar-refractivity contribution in [3.8, 4) is 0 Å². The Hall–Kier alpha value is -3.12. The van der Waals surface area contributed by atoms with Gasteiger partial charge in [0.2, 0.25) is 0 Å². The second-order valence-electron chi connectivity index (χ2n) is 7.42. The molecule has 0 saturated heterocycles. The normalized spacial score (nSPS) is 14.6. The number of benzene rings is 2. The molecule has 30 heavy (non-hydrogen) atoms. The van der Waals surface area contributed by atoms with Crippen molar-refractivity contribution in [2.45, 2.75) is 25.4 Å². The summed E-state index contributed by atoms with van der Waals surface area (Å²) in [6.45, 7) is 3.14. The van der Waals surface area contributed by atoms with E-state index in [2.05, 4.69) is 39.8 Å². The molecule has 154 valence electrons. The van der Waals surface area contributed by atoms with Crippen LogP contribution in [-0.4, -0.2) is 24.9 Å². The molecule has 1 aromatic heterocycles. The van der Waals surface area contributed by atoms with E-state index in [4.69, 9.17) is 0 Å². The van der Waals surface area contributed by atoms with E-state index in [1.54, 1.807) is 11.3 Å². The molecule has 0 saturated carbocycles. The van der Waals surface area contributed by atoms with Gasteiger partial charge in [-0.2, -0.15) is 0 Å². The molecule has 3 aromatic rings. The summed E-state index contributed by atoms with van der Waals surface area (Å²) in [4.78, 5) is 28.4. The zero-order valence-electron chi connectivity index (χ0n) is 16.9. The molecule has 2 unspecified atom stereocenters. The Morgan fingerprint density at radius 3 is 2.53 bits per heavy atom. The number of carbonyl (C=O) groups excluding carboxylic acids is 2. The maximum absolute atomic E-state index is 12.5. The Kier molecular flexibility index (Phi) is 6.14. The standard InChI is InChI=1S/C24H25N3O2S/c1-17(18-8-3-2-4-9-18)26-24(29)23(28)25-16-21(22-12-7-15-30-22)27-14-13-19-10-5-6-11-20(19)27/h2-12,15,17,21H,13-14,16H2,1H3,(H,25,28)(H,26,29). The number of nitrogens with one attached hydrogen (secondary N) is 2. The van der Waals surface area contributed by atoms with E-state index in [0.717, 1.165) is 18.5 Å². The van der Waals surface area contributed by atoms with Gasteiger partial charge in [-0.25, -0.2) is 0 Å². The van der Waals surface area contributed by atoms with Crippen LogP contribution < -0.4 is 15.5 Å². The fourth-order valence-electron chi connectivity index (χ4n) is 3.89. The fourth-order valence-corrected chi connectivity index (χ4v) is 4.73. The van der Waals surface area contributed by atoms with Crippen molar-refractivity contribution in [3.05, 3.63) is 88.1 Å². The third kappa shape index (κ3) is 4.39. The summed E-state index contributed by atoms with van der Waals surface area (Å²) in [5, 5.41) is 7.67. The summed E-state index contributed by atoms with van der Waals surface area (Å²) in [7, 11) is 0. The third-order valence-corrected chi connectivity index (χ3v) is 6.45. The van der Waals surface area contributed by atoms with E-state index in [1.165, 1.54) is 16.1 Å². The molecule has 2 aromatic carbocycles. The maximum Gasteiger partial charge on any atom is 0.309 e. The van der Waals surface area contributed by atoms with Crippen molar-refractivity contribution >= 4 is 28.8 Å². The first-order valence-electron chi connectivity index (χ1n) is 10.1. The lowest BCUT2D eigenvalue weighted by Gasteiger charge is -2.30. The van der Waals surface area contributed by atoms with Gasteiger partial charge in [0.15, 0.2) is 0 Å². The number of fused-ring (bicyclic) bond motifs is 1. The predicted octanol–water partition coefficient (Wildman–Crippen LogP) is 3.85. The molecule has 4 rings (SSSR count). The number of hydrogen-bond acceptors (Lipinski definition) is 4. The second-order valence-corrected chi connectivity index (χ2v) is 8.40. The number of thiophene rings is 1. The van der Waals surface area contributed by atoms with Gasteiger partial charge in [0.25, 0.3) is 0 Å². The molecule has 1 aliphatic rings. The molecule has 2 amide bonds. The van der Waals surface area contributed by atoms with Crippen LogP contribution in [0.5, 0.6) is 0 Å². The van der Waals surface area contributed by atoms with E-state index in [9.17, 15) is 9.59 Å². The molecule has 0 spiro atoms. The Bertz CT molecular complexity index is 1000. The van der Waals surface area contributed by atoms with Crippen molar-refractivity contribution < 1.29 is 9.59 Å². The van der Waals surface area contributed by atoms with Gasteiger partial charge >= 0.3 is 11.8 Å². The SMILES string of the molecule is CC(NC(=O)C(=O)NCC(c1cccs1)N1CCc2ccccc21)c1ccccc1. The lowest BCUT2D eigenvalue weighted by molar-refractivity contribution is -0.139. The van der Waals surface area contributed by atoms with Crippen LogP contribution in [0.3, 0.4) is 0 Å². The Morgan fingerprint density at radius 2 is 1.77 bits per heavy atom. The number of anilines is 1. The van der Waals surface area contributed by atoms with E-state index in [-0.39, 0.29) is 12.1 Å². The van der Waals surface area contributed by atoms with Gasteiger partial charge < -0.3 is 15.5 Å². The van der Waals surface area contributed by atoms with Crippen LogP contribution in [0.15, 0.2) is 72.1 Å². The first kappa shape index (κ1) is 20.2. The summed E-state index contributed by atoms with van der Waals surface area (Å²) in [6, 6.07) is 21.9. The van der Waals surface area contributed by atoms with Crippen molar-refractivity contribution in [2.24, 2.45) is 0 Å². The minimum Gasteiger partial charge on any atom is -0.361 e. The molecular formula is C24H25N3O2S. The first-order valence-corrected chi connectivity index (χ1v) is 11.0. The molecule has 0 aliphatic carbocycles. The molecular weight excluding hydrogens is 394 g/mol. The molecule has 5 nitrogen and oxygen atoms in total. The van der Waals surface area contributed by atoms with Crippen molar-refractivity contribution in [1.29, 1.82) is 0 Å². The first-order chi connectivity index (χ1) is 14.6. The molecule has 1 aliphatic heterocycles. The van der Waals surface area contributed by atoms with Crippen LogP contribution >= 0.6 is 11.3 Å². The zero-order chi connectivity index (χ0) is 20.9. The lowest BCUT2D eigenvalue weighted by Crippen LogP contribution is -2.44. The van der Waals surface area contributed by atoms with Gasteiger partial charge in [0.05, 0.1) is 12.1 Å². The Balaban J connectivity index is 1.42. The minimum absolute atomic E-state index is 0.00283. The van der Waals surface area contributed by atoms with Crippen molar-refractivity contribution in [3.63, 3.8) is 0 Å². The van der Waals surface area contributed by atoms with E-state index < -0.39 is 11.8 Å². The quantitative estimate of drug-likeness (QED) is 0.597. The molecule has 0 bridgehead atoms. The molecule has 2 atom stereocenters. The molecule has 2 N–H and O–H groups in total. The number of rotatable bonds is 6. The van der Waals surface area contributed by atoms with Crippen LogP contribution in [0.2, 0.25) is 0 Å². The van der Waals surface area contributed by atoms with Crippen LogP contribution in [0.25, 0.3) is 0 Å². The molecule has 0 radical (unpaired) electrons. The highest BCUT2D eigenvalue weighted by atomic mass is 32.1. The molecule has 0 fully saturated rings. The predicted molar refractivity (Wildman–Crippen MR) is 121 cm³/mol. The molecule has 2 heterocycles. The van der Waals surface area contributed by atoms with E-state index >= 15 is 0 Å². The summed E-state index contributed by atoms with van der Waals surface area (Å²) in [6.07, 6.45) is 0.987. The van der Waals surface area contributed by atoms with E-state index in [1.807, 2.05) is 54.8 Å². The lowest BCUT2D eigenvalue weighted by atomic mass is 10.1. The topological polar surface area (TPSA) is 61.4 Å². The highest BCUT2D eigenvalue weighted by Crippen LogP contribution is 2.36. The zero-order valence-corrected chi connectivity index (χ0v) is 17.7. The van der Waals surface area contributed by atoms with Gasteiger partial charge in [-0.05, 0) is 42.0 Å². The van der Waals surface area contributed by atoms with Crippen LogP contribution in [0.1, 0.15) is 35.0 Å². The Morgan fingerprint density at radius 1 is 1.00 bits per heavy atom. The van der Waals surface area contributed by atoms with Gasteiger partial charge in [-0.15, -0.1) is 11.3 Å². The number of hydrogen-bond donors (Lipinski definition) is 2. The molecule has 6 heteroatoms. The summed E-state index contributed by atoms with van der Waals surface area (Å²) in [5.41, 5.74) is 3.48. The fraction of sp³-hybridized carbons (Fsp3) is 0.250. The third-order valence-electron chi connectivity index (χ3n) is 5.48. The Labute approximate surface area is 180 Å². The maximum atomic E-state index is 12.5. The second kappa shape index (κ2) is 9.13. The van der Waals surface area contributed by atoms with Gasteiger partial charge in [0.1, 0.15) is 0 Å². The number of nitrogens with zero attached hydrogens (tertiary/aromatic N) is 1. The average molecular weight is 420 g/mol. The highest BCUT2D eigenvalue weighted by molar-refractivity contribution is 7.10. The van der Waals surface area contributed by atoms with Crippen molar-refractivity contribution in [2.75, 3.05) is 18.0 Å². The summed E-state index contributed by atoms with van der Waals surface area (Å²) < 4.78 is 0. The van der Waals surface area contributed by atoms with Gasteiger partial charge in [-0.1, -0.05) is 54.6 Å². The van der Waals surface area contributed by atoms with E-state index in [0.29, 0.717) is 6.54 Å². The van der Waals surface area contributed by atoms with Gasteiger partial charge in [-0.3, -0.25) is 9.59 Å². The van der Waals surface area contributed by atoms with Gasteiger partial charge in [0, 0.05) is 23.7 Å². The van der Waals surface area contributed by atoms with Crippen LogP contribution in [0, 0.1) is 0 Å². The number of carbonyl (C=O) groups is 2. The van der Waals surface area contributed by atoms with Crippen molar-refractivity contribution in [1.82, 2.24) is 10.6 Å². The largest absolute Gasteiger partial charge is 0.361 e. The highest BCUT2D eigenvalue weighted by Gasteiger charge is 2.28. The summed E-state index contributed by atoms with van der Waals surface area (Å²) >= 11 is 1.67. The average Bonchev–Trinajstić information content (AvgIpc) is 3.45. The monoisotopic (exact) mass is 419 g/mol. The minimum atomic E-state index is -0.613. The smallest absolute Gasteiger partial charge is 0.309 e. The summed E-state index contributed by atoms with van der Waals surface area (Å²) in [5.74, 6) is -1.22. The van der Waals surface area contributed by atoms with Crippen LogP contribution in [0.4, 0.5) is 5.69 Å². The number of para-hydroxylation sites is 1. The number of amides is 2. The van der Waals surface area contributed by atoms with Crippen LogP contribution in [-0.2, 0) is 16.0 Å².